The lowest BCUT2D eigenvalue weighted by molar-refractivity contribution is -0.383. The molecule has 0 aliphatic rings. The molecule has 2 rings (SSSR count). The van der Waals surface area contributed by atoms with Crippen LogP contribution < -0.4 is 5.32 Å². The SMILES string of the molecule is CCC(C(=O)Nc1ccc(Cl)cc1[N+](=O)[O-])n1cc(Cl)cn1. The van der Waals surface area contributed by atoms with Crippen LogP contribution in [0.5, 0.6) is 0 Å². The van der Waals surface area contributed by atoms with Gasteiger partial charge in [-0.2, -0.15) is 5.10 Å². The Labute approximate surface area is 136 Å². The minimum atomic E-state index is -0.622. The van der Waals surface area contributed by atoms with Gasteiger partial charge in [-0.1, -0.05) is 30.1 Å². The van der Waals surface area contributed by atoms with Crippen molar-refractivity contribution in [3.8, 4) is 0 Å². The number of carbonyl (C=O) groups excluding carboxylic acids is 1. The van der Waals surface area contributed by atoms with Gasteiger partial charge in [0.1, 0.15) is 11.7 Å². The number of nitrogens with zero attached hydrogens (tertiary/aromatic N) is 3. The van der Waals surface area contributed by atoms with Gasteiger partial charge in [-0.25, -0.2) is 0 Å². The molecule has 0 aliphatic carbocycles. The van der Waals surface area contributed by atoms with E-state index in [2.05, 4.69) is 10.4 Å². The lowest BCUT2D eigenvalue weighted by Crippen LogP contribution is -2.26. The number of rotatable bonds is 5. The van der Waals surface area contributed by atoms with Crippen LogP contribution in [0.2, 0.25) is 10.0 Å². The van der Waals surface area contributed by atoms with Gasteiger partial charge < -0.3 is 5.32 Å². The first-order valence-electron chi connectivity index (χ1n) is 6.36. The van der Waals surface area contributed by atoms with Crippen molar-refractivity contribution in [3.05, 3.63) is 50.8 Å². The lowest BCUT2D eigenvalue weighted by Gasteiger charge is -2.15. The largest absolute Gasteiger partial charge is 0.318 e. The van der Waals surface area contributed by atoms with Crippen molar-refractivity contribution in [2.75, 3.05) is 5.32 Å². The van der Waals surface area contributed by atoms with Crippen molar-refractivity contribution in [2.45, 2.75) is 19.4 Å². The van der Waals surface area contributed by atoms with Gasteiger partial charge in [0.15, 0.2) is 0 Å². The van der Waals surface area contributed by atoms with Crippen LogP contribution in [-0.2, 0) is 4.79 Å². The average Bonchev–Trinajstić information content (AvgIpc) is 2.87. The summed E-state index contributed by atoms with van der Waals surface area (Å²) >= 11 is 11.5. The second kappa shape index (κ2) is 6.76. The van der Waals surface area contributed by atoms with Crippen LogP contribution in [0.25, 0.3) is 0 Å². The van der Waals surface area contributed by atoms with E-state index in [1.165, 1.54) is 35.3 Å². The Morgan fingerprint density at radius 2 is 2.18 bits per heavy atom. The molecule has 0 bridgehead atoms. The van der Waals surface area contributed by atoms with Crippen LogP contribution in [0, 0.1) is 10.1 Å². The van der Waals surface area contributed by atoms with Crippen LogP contribution in [0.15, 0.2) is 30.6 Å². The maximum Gasteiger partial charge on any atom is 0.294 e. The summed E-state index contributed by atoms with van der Waals surface area (Å²) in [5.41, 5.74) is -0.190. The Kier molecular flexibility index (Phi) is 4.99. The van der Waals surface area contributed by atoms with Crippen molar-refractivity contribution in [1.29, 1.82) is 0 Å². The van der Waals surface area contributed by atoms with Gasteiger partial charge in [-0.15, -0.1) is 0 Å². The van der Waals surface area contributed by atoms with E-state index in [9.17, 15) is 14.9 Å². The number of amides is 1. The number of aromatic nitrogens is 2. The molecule has 2 aromatic rings. The van der Waals surface area contributed by atoms with Gasteiger partial charge in [0, 0.05) is 17.3 Å². The van der Waals surface area contributed by atoms with Crippen molar-refractivity contribution >= 4 is 40.5 Å². The normalized spacial score (nSPS) is 12.0. The van der Waals surface area contributed by atoms with E-state index in [1.807, 2.05) is 0 Å². The first-order valence-corrected chi connectivity index (χ1v) is 7.12. The molecule has 1 unspecified atom stereocenters. The minimum absolute atomic E-state index is 0.0797. The molecule has 9 heteroatoms. The summed E-state index contributed by atoms with van der Waals surface area (Å²) in [7, 11) is 0. The Balaban J connectivity index is 2.26. The summed E-state index contributed by atoms with van der Waals surface area (Å²) in [4.78, 5) is 22.8. The fourth-order valence-corrected chi connectivity index (χ4v) is 2.27. The minimum Gasteiger partial charge on any atom is -0.318 e. The number of hydrogen-bond acceptors (Lipinski definition) is 4. The van der Waals surface area contributed by atoms with Crippen LogP contribution in [0.3, 0.4) is 0 Å². The first kappa shape index (κ1) is 16.3. The number of nitro groups is 1. The number of anilines is 1. The molecule has 0 fully saturated rings. The number of nitrogens with one attached hydrogen (secondary N) is 1. The van der Waals surface area contributed by atoms with Crippen molar-refractivity contribution in [1.82, 2.24) is 9.78 Å². The third-order valence-electron chi connectivity index (χ3n) is 2.99. The zero-order valence-corrected chi connectivity index (χ0v) is 13.0. The van der Waals surface area contributed by atoms with Gasteiger partial charge in [0.25, 0.3) is 5.69 Å². The average molecular weight is 343 g/mol. The van der Waals surface area contributed by atoms with Gasteiger partial charge in [-0.3, -0.25) is 19.6 Å². The summed E-state index contributed by atoms with van der Waals surface area (Å²) in [6, 6.07) is 3.42. The Morgan fingerprint density at radius 3 is 2.73 bits per heavy atom. The predicted octanol–water partition coefficient (Wildman–Crippen LogP) is 3.69. The summed E-state index contributed by atoms with van der Waals surface area (Å²) in [6.07, 6.45) is 3.39. The molecule has 0 aliphatic heterocycles. The third kappa shape index (κ3) is 3.55. The molecular formula is C13H12Cl2N4O3. The quantitative estimate of drug-likeness (QED) is 0.662. The Bertz CT molecular complexity index is 717. The van der Waals surface area contributed by atoms with Gasteiger partial charge in [-0.05, 0) is 18.6 Å². The molecule has 7 nitrogen and oxygen atoms in total. The number of halogens is 2. The van der Waals surface area contributed by atoms with E-state index in [0.717, 1.165) is 0 Å². The maximum atomic E-state index is 12.3. The van der Waals surface area contributed by atoms with Gasteiger partial charge >= 0.3 is 0 Å². The maximum absolute atomic E-state index is 12.3. The topological polar surface area (TPSA) is 90.1 Å². The molecule has 1 aromatic heterocycles. The molecule has 1 amide bonds. The van der Waals surface area contributed by atoms with Crippen LogP contribution >= 0.6 is 23.2 Å². The molecule has 1 atom stereocenters. The van der Waals surface area contributed by atoms with Gasteiger partial charge in [0.2, 0.25) is 5.91 Å². The number of hydrogen-bond donors (Lipinski definition) is 1. The number of benzene rings is 1. The van der Waals surface area contributed by atoms with Crippen molar-refractivity contribution in [2.24, 2.45) is 0 Å². The molecule has 0 saturated heterocycles. The van der Waals surface area contributed by atoms with Crippen LogP contribution in [0.1, 0.15) is 19.4 Å². The monoisotopic (exact) mass is 342 g/mol. The molecule has 0 spiro atoms. The summed E-state index contributed by atoms with van der Waals surface area (Å²) < 4.78 is 1.42. The second-order valence-corrected chi connectivity index (χ2v) is 5.34. The van der Waals surface area contributed by atoms with E-state index < -0.39 is 16.9 Å². The van der Waals surface area contributed by atoms with Crippen LogP contribution in [0.4, 0.5) is 11.4 Å². The molecular weight excluding hydrogens is 331 g/mol. The first-order chi connectivity index (χ1) is 10.4. The summed E-state index contributed by atoms with van der Waals surface area (Å²) in [6.45, 7) is 1.80. The summed E-state index contributed by atoms with van der Waals surface area (Å²) in [5.74, 6) is -0.423. The fourth-order valence-electron chi connectivity index (χ4n) is 1.96. The fraction of sp³-hybridized carbons (Fsp3) is 0.231. The van der Waals surface area contributed by atoms with E-state index in [0.29, 0.717) is 11.4 Å². The number of nitro benzene ring substituents is 1. The summed E-state index contributed by atoms with van der Waals surface area (Å²) in [5, 5.41) is 18.2. The van der Waals surface area contributed by atoms with Crippen molar-refractivity contribution in [3.63, 3.8) is 0 Å². The number of carbonyl (C=O) groups is 1. The standard InChI is InChI=1S/C13H12Cl2N4O3/c1-2-11(18-7-9(15)6-16-18)13(20)17-10-4-3-8(14)5-12(10)19(21)22/h3-7,11H,2H2,1H3,(H,17,20). The van der Waals surface area contributed by atoms with E-state index in [1.54, 1.807) is 6.92 Å². The smallest absolute Gasteiger partial charge is 0.294 e. The molecule has 1 aromatic carbocycles. The molecule has 116 valence electrons. The zero-order valence-electron chi connectivity index (χ0n) is 11.5. The molecule has 0 radical (unpaired) electrons. The molecule has 22 heavy (non-hydrogen) atoms. The zero-order chi connectivity index (χ0) is 16.3. The highest BCUT2D eigenvalue weighted by Crippen LogP contribution is 2.28. The second-order valence-electron chi connectivity index (χ2n) is 4.47. The molecule has 0 saturated carbocycles. The molecule has 1 N–H and O–H groups in total. The van der Waals surface area contributed by atoms with E-state index in [4.69, 9.17) is 23.2 Å². The van der Waals surface area contributed by atoms with E-state index in [-0.39, 0.29) is 16.4 Å². The highest BCUT2D eigenvalue weighted by molar-refractivity contribution is 6.31. The highest BCUT2D eigenvalue weighted by atomic mass is 35.5. The van der Waals surface area contributed by atoms with E-state index >= 15 is 0 Å². The third-order valence-corrected chi connectivity index (χ3v) is 3.42. The van der Waals surface area contributed by atoms with Gasteiger partial charge in [0.05, 0.1) is 16.1 Å². The Hall–Kier alpha value is -2.12. The predicted molar refractivity (Wildman–Crippen MR) is 83.3 cm³/mol. The Morgan fingerprint density at radius 1 is 1.45 bits per heavy atom. The lowest BCUT2D eigenvalue weighted by atomic mass is 10.2. The molecule has 1 heterocycles. The highest BCUT2D eigenvalue weighted by Gasteiger charge is 2.23. The van der Waals surface area contributed by atoms with Crippen molar-refractivity contribution < 1.29 is 9.72 Å². The van der Waals surface area contributed by atoms with Crippen LogP contribution in [-0.4, -0.2) is 20.6 Å².